The molecule has 0 aliphatic carbocycles. The van der Waals surface area contributed by atoms with Crippen LogP contribution in [0.25, 0.3) is 0 Å². The van der Waals surface area contributed by atoms with Crippen molar-refractivity contribution >= 4 is 47.7 Å². The lowest BCUT2D eigenvalue weighted by atomic mass is 10.1. The number of nitrogens with zero attached hydrogens (tertiary/aromatic N) is 3. The zero-order valence-corrected chi connectivity index (χ0v) is 25.7. The Morgan fingerprint density at radius 1 is 1.02 bits per heavy atom. The van der Waals surface area contributed by atoms with E-state index < -0.39 is 17.3 Å². The topological polar surface area (TPSA) is 105 Å². The van der Waals surface area contributed by atoms with Crippen molar-refractivity contribution in [2.75, 3.05) is 57.9 Å². The van der Waals surface area contributed by atoms with Crippen molar-refractivity contribution in [1.82, 2.24) is 9.80 Å². The van der Waals surface area contributed by atoms with E-state index in [0.29, 0.717) is 30.9 Å². The van der Waals surface area contributed by atoms with E-state index in [1.165, 1.54) is 12.7 Å². The summed E-state index contributed by atoms with van der Waals surface area (Å²) in [5.74, 6) is -0.948. The molecule has 2 amide bonds. The molecule has 0 spiro atoms. The monoisotopic (exact) mass is 604 g/mol. The van der Waals surface area contributed by atoms with E-state index in [0.717, 1.165) is 31.1 Å². The Balaban J connectivity index is 1.59. The minimum absolute atomic E-state index is 0.00407. The van der Waals surface area contributed by atoms with Gasteiger partial charge in [0.2, 0.25) is 5.91 Å². The van der Waals surface area contributed by atoms with Gasteiger partial charge >= 0.3 is 5.97 Å². The molecule has 1 saturated heterocycles. The van der Waals surface area contributed by atoms with Gasteiger partial charge in [-0.05, 0) is 68.7 Å². The molecule has 2 N–H and O–H groups in total. The van der Waals surface area contributed by atoms with Crippen molar-refractivity contribution < 1.29 is 23.9 Å². The number of amides is 2. The Morgan fingerprint density at radius 2 is 1.66 bits per heavy atom. The van der Waals surface area contributed by atoms with Gasteiger partial charge in [-0.25, -0.2) is 0 Å². The lowest BCUT2D eigenvalue weighted by molar-refractivity contribution is -0.142. The highest BCUT2D eigenvalue weighted by atomic mass is 35.5. The first-order valence-electron chi connectivity index (χ1n) is 13.9. The summed E-state index contributed by atoms with van der Waals surface area (Å²) in [6.45, 7) is 8.30. The Bertz CT molecular complexity index is 1140. The Kier molecular flexibility index (Phi) is 12.9. The number of esters is 1. The lowest BCUT2D eigenvalue weighted by Gasteiger charge is -2.35. The predicted molar refractivity (Wildman–Crippen MR) is 165 cm³/mol. The summed E-state index contributed by atoms with van der Waals surface area (Å²) in [6.07, 6.45) is 0.967. The van der Waals surface area contributed by atoms with Crippen LogP contribution in [0.4, 0.5) is 5.69 Å². The Labute approximate surface area is 253 Å². The number of hydrogen-bond acceptors (Lipinski definition) is 8. The summed E-state index contributed by atoms with van der Waals surface area (Å²) in [7, 11) is 1.25. The van der Waals surface area contributed by atoms with Gasteiger partial charge in [-0.3, -0.25) is 19.3 Å². The highest BCUT2D eigenvalue weighted by Crippen LogP contribution is 2.21. The minimum atomic E-state index is -0.960. The number of anilines is 1. The quantitative estimate of drug-likeness (QED) is 0.267. The normalized spacial score (nSPS) is 15.4. The first-order valence-corrected chi connectivity index (χ1v) is 14.8. The van der Waals surface area contributed by atoms with Crippen LogP contribution in [0, 0.1) is 0 Å². The molecule has 11 heteroatoms. The second kappa shape index (κ2) is 16.1. The number of ether oxygens (including phenoxy) is 2. The van der Waals surface area contributed by atoms with Crippen molar-refractivity contribution in [3.63, 3.8) is 0 Å². The summed E-state index contributed by atoms with van der Waals surface area (Å²) >= 11 is 10.4. The summed E-state index contributed by atoms with van der Waals surface area (Å²) in [5.41, 5.74) is 8.27. The maximum absolute atomic E-state index is 13.3. The molecular weight excluding hydrogens is 564 g/mol. The minimum Gasteiger partial charge on any atom is -0.468 e. The average molecular weight is 605 g/mol. The lowest BCUT2D eigenvalue weighted by Crippen LogP contribution is -2.49. The fourth-order valence-corrected chi connectivity index (χ4v) is 5.09. The number of halogens is 1. The van der Waals surface area contributed by atoms with Crippen molar-refractivity contribution in [1.29, 1.82) is 0 Å². The number of hydrogen-bond donors (Lipinski definition) is 2. The van der Waals surface area contributed by atoms with Crippen LogP contribution >= 0.6 is 24.2 Å². The van der Waals surface area contributed by atoms with Gasteiger partial charge in [-0.2, -0.15) is 12.6 Å². The van der Waals surface area contributed by atoms with Crippen molar-refractivity contribution in [2.24, 2.45) is 5.73 Å². The molecule has 2 aromatic carbocycles. The van der Waals surface area contributed by atoms with Gasteiger partial charge in [-0.15, -0.1) is 0 Å². The molecule has 1 fully saturated rings. The SMILES string of the molecule is COC(=O)C(N)C[C@@H](S)C(=O)N(CCOC(C)C)c1ccc(C(=O)N2CCN(CCc3ccc(Cl)cc3)CC2)cc1. The highest BCUT2D eigenvalue weighted by Gasteiger charge is 2.28. The number of piperazine rings is 1. The van der Waals surface area contributed by atoms with E-state index in [9.17, 15) is 14.4 Å². The smallest absolute Gasteiger partial charge is 0.322 e. The molecule has 0 bridgehead atoms. The number of thiol groups is 1. The molecule has 9 nitrogen and oxygen atoms in total. The van der Waals surface area contributed by atoms with Crippen LogP contribution < -0.4 is 10.6 Å². The molecule has 41 heavy (non-hydrogen) atoms. The third-order valence-corrected chi connectivity index (χ3v) is 7.70. The molecule has 3 rings (SSSR count). The maximum atomic E-state index is 13.3. The molecule has 1 aliphatic rings. The van der Waals surface area contributed by atoms with Crippen LogP contribution in [0.3, 0.4) is 0 Å². The summed E-state index contributed by atoms with van der Waals surface area (Å²) in [5, 5.41) is -0.0833. The second-order valence-electron chi connectivity index (χ2n) is 10.3. The molecule has 0 radical (unpaired) electrons. The molecule has 1 aliphatic heterocycles. The van der Waals surface area contributed by atoms with Gasteiger partial charge in [0.15, 0.2) is 0 Å². The van der Waals surface area contributed by atoms with E-state index in [-0.39, 0.29) is 30.9 Å². The van der Waals surface area contributed by atoms with E-state index in [1.54, 1.807) is 29.2 Å². The largest absolute Gasteiger partial charge is 0.468 e. The predicted octanol–water partition coefficient (Wildman–Crippen LogP) is 3.29. The molecule has 0 aromatic heterocycles. The van der Waals surface area contributed by atoms with Crippen molar-refractivity contribution in [2.45, 2.75) is 44.1 Å². The van der Waals surface area contributed by atoms with Crippen LogP contribution in [-0.4, -0.2) is 98.0 Å². The molecule has 0 saturated carbocycles. The zero-order valence-electron chi connectivity index (χ0n) is 24.0. The Hall–Kier alpha value is -2.63. The maximum Gasteiger partial charge on any atom is 0.322 e. The standard InChI is InChI=1S/C30H41ClN4O5S/c1-21(2)40-19-18-35(29(37)27(41)20-26(32)30(38)39-3)25-10-6-23(7-11-25)28(36)34-16-14-33(15-17-34)13-12-22-4-8-24(31)9-5-22/h4-11,21,26-27,41H,12-20,32H2,1-3H3/t26?,27-/m1/s1. The summed E-state index contributed by atoms with van der Waals surface area (Å²) in [6, 6.07) is 13.9. The van der Waals surface area contributed by atoms with Crippen molar-refractivity contribution in [3.8, 4) is 0 Å². The average Bonchev–Trinajstić information content (AvgIpc) is 2.98. The third-order valence-electron chi connectivity index (χ3n) is 7.01. The number of rotatable bonds is 13. The van der Waals surface area contributed by atoms with E-state index >= 15 is 0 Å². The van der Waals surface area contributed by atoms with E-state index in [4.69, 9.17) is 22.1 Å². The number of carbonyl (C=O) groups is 3. The first-order chi connectivity index (χ1) is 19.6. The second-order valence-corrected chi connectivity index (χ2v) is 11.4. The summed E-state index contributed by atoms with van der Waals surface area (Å²) in [4.78, 5) is 44.1. The molecule has 2 atom stereocenters. The van der Waals surface area contributed by atoms with Gasteiger partial charge < -0.3 is 25.0 Å². The molecule has 1 heterocycles. The first kappa shape index (κ1) is 32.9. The number of carbonyl (C=O) groups excluding carboxylic acids is 3. The van der Waals surface area contributed by atoms with Crippen LogP contribution in [0.2, 0.25) is 5.02 Å². The van der Waals surface area contributed by atoms with Gasteiger partial charge in [0, 0.05) is 55.5 Å². The van der Waals surface area contributed by atoms with E-state index in [1.807, 2.05) is 43.0 Å². The zero-order chi connectivity index (χ0) is 29.9. The fraction of sp³-hybridized carbons (Fsp3) is 0.500. The Morgan fingerprint density at radius 3 is 2.24 bits per heavy atom. The summed E-state index contributed by atoms with van der Waals surface area (Å²) < 4.78 is 10.3. The number of methoxy groups -OCH3 is 1. The van der Waals surface area contributed by atoms with Gasteiger partial charge in [0.25, 0.3) is 5.91 Å². The van der Waals surface area contributed by atoms with Gasteiger partial charge in [-0.1, -0.05) is 23.7 Å². The van der Waals surface area contributed by atoms with Gasteiger partial charge in [0.1, 0.15) is 6.04 Å². The van der Waals surface area contributed by atoms with Crippen LogP contribution in [0.15, 0.2) is 48.5 Å². The molecule has 224 valence electrons. The number of benzene rings is 2. The van der Waals surface area contributed by atoms with Gasteiger partial charge in [0.05, 0.1) is 25.1 Å². The van der Waals surface area contributed by atoms with Crippen LogP contribution in [-0.2, 0) is 25.5 Å². The molecular formula is C30H41ClN4O5S. The number of nitrogens with two attached hydrogens (primary N) is 1. The van der Waals surface area contributed by atoms with Crippen molar-refractivity contribution in [3.05, 3.63) is 64.7 Å². The molecule has 2 aromatic rings. The van der Waals surface area contributed by atoms with Crippen LogP contribution in [0.5, 0.6) is 0 Å². The highest BCUT2D eigenvalue weighted by molar-refractivity contribution is 7.81. The third kappa shape index (κ3) is 10.0. The fourth-order valence-electron chi connectivity index (χ4n) is 4.59. The molecule has 1 unspecified atom stereocenters. The van der Waals surface area contributed by atoms with Crippen LogP contribution in [0.1, 0.15) is 36.2 Å². The van der Waals surface area contributed by atoms with E-state index in [2.05, 4.69) is 22.3 Å².